The van der Waals surface area contributed by atoms with Crippen LogP contribution in [-0.2, 0) is 4.74 Å². The Morgan fingerprint density at radius 1 is 1.08 bits per heavy atom. The van der Waals surface area contributed by atoms with Crippen LogP contribution >= 0.6 is 11.6 Å². The van der Waals surface area contributed by atoms with Gasteiger partial charge in [0.15, 0.2) is 11.5 Å². The summed E-state index contributed by atoms with van der Waals surface area (Å²) in [5.74, 6) is 0.823. The van der Waals surface area contributed by atoms with Gasteiger partial charge in [-0.1, -0.05) is 11.6 Å². The minimum Gasteiger partial charge on any atom is -0.493 e. The molecule has 3 rings (SSSR count). The number of carbonyl (C=O) groups excluding carboxylic acids is 1. The van der Waals surface area contributed by atoms with Crippen molar-refractivity contribution in [3.05, 3.63) is 47.0 Å². The highest BCUT2D eigenvalue weighted by Crippen LogP contribution is 2.31. The highest BCUT2D eigenvalue weighted by atomic mass is 35.5. The molecule has 1 saturated heterocycles. The van der Waals surface area contributed by atoms with Crippen LogP contribution in [0.1, 0.15) is 10.4 Å². The Morgan fingerprint density at radius 2 is 1.81 bits per heavy atom. The van der Waals surface area contributed by atoms with Crippen molar-refractivity contribution < 1.29 is 19.0 Å². The fraction of sp³-hybridized carbons (Fsp3) is 0.316. The van der Waals surface area contributed by atoms with Gasteiger partial charge in [-0.15, -0.1) is 0 Å². The fourth-order valence-corrected chi connectivity index (χ4v) is 3.13. The number of nitrogens with one attached hydrogen (secondary N) is 1. The first-order valence-electron chi connectivity index (χ1n) is 8.28. The number of hydrogen-bond donors (Lipinski definition) is 1. The molecule has 1 aliphatic heterocycles. The number of amides is 1. The second-order valence-electron chi connectivity index (χ2n) is 5.79. The maximum atomic E-state index is 12.5. The van der Waals surface area contributed by atoms with Gasteiger partial charge in [0.1, 0.15) is 0 Å². The van der Waals surface area contributed by atoms with E-state index in [1.54, 1.807) is 31.4 Å². The molecule has 1 amide bonds. The SMILES string of the molecule is COc1ccc(C(=O)Nc2ccc(N3CCOCC3)c(Cl)c2)cc1OC. The van der Waals surface area contributed by atoms with E-state index in [0.29, 0.717) is 41.0 Å². The highest BCUT2D eigenvalue weighted by molar-refractivity contribution is 6.33. The number of anilines is 2. The second kappa shape index (κ2) is 8.29. The zero-order chi connectivity index (χ0) is 18.5. The molecule has 0 aliphatic carbocycles. The zero-order valence-electron chi connectivity index (χ0n) is 14.8. The molecular weight excluding hydrogens is 356 g/mol. The van der Waals surface area contributed by atoms with E-state index in [0.717, 1.165) is 18.8 Å². The minimum atomic E-state index is -0.249. The van der Waals surface area contributed by atoms with Gasteiger partial charge in [0.25, 0.3) is 5.91 Å². The van der Waals surface area contributed by atoms with Crippen LogP contribution in [0.25, 0.3) is 0 Å². The molecule has 0 bridgehead atoms. The summed E-state index contributed by atoms with van der Waals surface area (Å²) in [5, 5.41) is 3.45. The van der Waals surface area contributed by atoms with E-state index in [2.05, 4.69) is 10.2 Å². The molecule has 0 unspecified atom stereocenters. The minimum absolute atomic E-state index is 0.249. The molecule has 1 fully saturated rings. The maximum Gasteiger partial charge on any atom is 0.255 e. The largest absolute Gasteiger partial charge is 0.493 e. The molecule has 6 nitrogen and oxygen atoms in total. The lowest BCUT2D eigenvalue weighted by Crippen LogP contribution is -2.36. The Bertz CT molecular complexity index is 791. The number of morpholine rings is 1. The van der Waals surface area contributed by atoms with Gasteiger partial charge in [-0.25, -0.2) is 0 Å². The van der Waals surface area contributed by atoms with Crippen LogP contribution in [0, 0.1) is 0 Å². The molecule has 0 spiro atoms. The number of ether oxygens (including phenoxy) is 3. The molecule has 1 aliphatic rings. The van der Waals surface area contributed by atoms with Crippen LogP contribution in [0.5, 0.6) is 11.5 Å². The predicted molar refractivity (Wildman–Crippen MR) is 102 cm³/mol. The van der Waals surface area contributed by atoms with Crippen LogP contribution in [0.2, 0.25) is 5.02 Å². The van der Waals surface area contributed by atoms with Gasteiger partial charge in [0.05, 0.1) is 38.1 Å². The first-order chi connectivity index (χ1) is 12.6. The van der Waals surface area contributed by atoms with Gasteiger partial charge < -0.3 is 24.4 Å². The molecular formula is C19H21ClN2O4. The Hall–Kier alpha value is -2.44. The summed E-state index contributed by atoms with van der Waals surface area (Å²) in [7, 11) is 3.08. The quantitative estimate of drug-likeness (QED) is 0.866. The topological polar surface area (TPSA) is 60.0 Å². The molecule has 0 radical (unpaired) electrons. The number of carbonyl (C=O) groups is 1. The van der Waals surface area contributed by atoms with Crippen LogP contribution in [0.3, 0.4) is 0 Å². The van der Waals surface area contributed by atoms with Gasteiger partial charge in [0, 0.05) is 24.3 Å². The molecule has 0 atom stereocenters. The Morgan fingerprint density at radius 3 is 2.46 bits per heavy atom. The number of halogens is 1. The molecule has 1 heterocycles. The molecule has 26 heavy (non-hydrogen) atoms. The van der Waals surface area contributed by atoms with E-state index in [9.17, 15) is 4.79 Å². The van der Waals surface area contributed by atoms with Gasteiger partial charge in [0.2, 0.25) is 0 Å². The van der Waals surface area contributed by atoms with E-state index in [1.807, 2.05) is 12.1 Å². The Labute approximate surface area is 157 Å². The average molecular weight is 377 g/mol. The molecule has 2 aromatic rings. The van der Waals surface area contributed by atoms with Crippen molar-refractivity contribution in [2.75, 3.05) is 50.7 Å². The van der Waals surface area contributed by atoms with Crippen LogP contribution < -0.4 is 19.7 Å². The van der Waals surface area contributed by atoms with Crippen molar-refractivity contribution in [1.82, 2.24) is 0 Å². The van der Waals surface area contributed by atoms with Crippen molar-refractivity contribution in [1.29, 1.82) is 0 Å². The lowest BCUT2D eigenvalue weighted by molar-refractivity contribution is 0.102. The van der Waals surface area contributed by atoms with Gasteiger partial charge in [-0.3, -0.25) is 4.79 Å². The van der Waals surface area contributed by atoms with Crippen molar-refractivity contribution in [3.63, 3.8) is 0 Å². The fourth-order valence-electron chi connectivity index (χ4n) is 2.83. The van der Waals surface area contributed by atoms with Crippen molar-refractivity contribution in [2.45, 2.75) is 0 Å². The Balaban J connectivity index is 1.74. The molecule has 0 saturated carbocycles. The number of methoxy groups -OCH3 is 2. The molecule has 1 N–H and O–H groups in total. The third kappa shape index (κ3) is 4.03. The lowest BCUT2D eigenvalue weighted by Gasteiger charge is -2.29. The standard InChI is InChI=1S/C19H21ClN2O4/c1-24-17-6-3-13(11-18(17)25-2)19(23)21-14-4-5-16(15(20)12-14)22-7-9-26-10-8-22/h3-6,11-12H,7-10H2,1-2H3,(H,21,23). The van der Waals surface area contributed by atoms with E-state index < -0.39 is 0 Å². The van der Waals surface area contributed by atoms with Gasteiger partial charge in [-0.2, -0.15) is 0 Å². The number of nitrogens with zero attached hydrogens (tertiary/aromatic N) is 1. The molecule has 138 valence electrons. The summed E-state index contributed by atoms with van der Waals surface area (Å²) < 4.78 is 15.8. The van der Waals surface area contributed by atoms with Crippen molar-refractivity contribution >= 4 is 28.9 Å². The van der Waals surface area contributed by atoms with Crippen LogP contribution in [-0.4, -0.2) is 46.4 Å². The smallest absolute Gasteiger partial charge is 0.255 e. The lowest BCUT2D eigenvalue weighted by atomic mass is 10.1. The van der Waals surface area contributed by atoms with E-state index >= 15 is 0 Å². The summed E-state index contributed by atoms with van der Waals surface area (Å²) in [6, 6.07) is 10.5. The molecule has 7 heteroatoms. The first-order valence-corrected chi connectivity index (χ1v) is 8.66. The predicted octanol–water partition coefficient (Wildman–Crippen LogP) is 3.45. The third-order valence-electron chi connectivity index (χ3n) is 4.20. The summed E-state index contributed by atoms with van der Waals surface area (Å²) >= 11 is 6.41. The summed E-state index contributed by atoms with van der Waals surface area (Å²) in [6.07, 6.45) is 0. The van der Waals surface area contributed by atoms with Crippen molar-refractivity contribution in [3.8, 4) is 11.5 Å². The number of rotatable bonds is 5. The van der Waals surface area contributed by atoms with Crippen LogP contribution in [0.15, 0.2) is 36.4 Å². The second-order valence-corrected chi connectivity index (χ2v) is 6.20. The van der Waals surface area contributed by atoms with E-state index in [4.69, 9.17) is 25.8 Å². The normalized spacial score (nSPS) is 14.0. The maximum absolute atomic E-state index is 12.5. The summed E-state index contributed by atoms with van der Waals surface area (Å²) in [5.41, 5.74) is 2.04. The zero-order valence-corrected chi connectivity index (χ0v) is 15.5. The Kier molecular flexibility index (Phi) is 5.85. The third-order valence-corrected chi connectivity index (χ3v) is 4.51. The first kappa shape index (κ1) is 18.4. The summed E-state index contributed by atoms with van der Waals surface area (Å²) in [6.45, 7) is 2.98. The van der Waals surface area contributed by atoms with Crippen LogP contribution in [0.4, 0.5) is 11.4 Å². The van der Waals surface area contributed by atoms with Gasteiger partial charge in [-0.05, 0) is 36.4 Å². The number of hydrogen-bond acceptors (Lipinski definition) is 5. The number of benzene rings is 2. The van der Waals surface area contributed by atoms with Crippen molar-refractivity contribution in [2.24, 2.45) is 0 Å². The average Bonchev–Trinajstić information content (AvgIpc) is 2.68. The highest BCUT2D eigenvalue weighted by Gasteiger charge is 2.16. The van der Waals surface area contributed by atoms with E-state index in [-0.39, 0.29) is 5.91 Å². The summed E-state index contributed by atoms with van der Waals surface area (Å²) in [4.78, 5) is 14.7. The molecule has 0 aromatic heterocycles. The van der Waals surface area contributed by atoms with E-state index in [1.165, 1.54) is 7.11 Å². The van der Waals surface area contributed by atoms with Gasteiger partial charge >= 0.3 is 0 Å². The monoisotopic (exact) mass is 376 g/mol. The molecule has 2 aromatic carbocycles.